The number of aromatic nitrogens is 2. The van der Waals surface area contributed by atoms with Crippen molar-refractivity contribution in [2.75, 3.05) is 5.43 Å². The minimum absolute atomic E-state index is 0.187. The summed E-state index contributed by atoms with van der Waals surface area (Å²) in [5, 5.41) is 13.6. The zero-order valence-corrected chi connectivity index (χ0v) is 29.9. The van der Waals surface area contributed by atoms with Crippen LogP contribution in [0.5, 0.6) is 0 Å². The molecule has 0 aliphatic rings. The van der Waals surface area contributed by atoms with Crippen molar-refractivity contribution in [3.05, 3.63) is 211 Å². The van der Waals surface area contributed by atoms with Gasteiger partial charge in [-0.3, -0.25) is 15.5 Å². The first kappa shape index (κ1) is 32.2. The van der Waals surface area contributed by atoms with Crippen molar-refractivity contribution >= 4 is 55.3 Å². The topological polar surface area (TPSA) is 58.1 Å². The normalized spacial score (nSPS) is 11.8. The molecular weight excluding hydrogens is 671 g/mol. The molecule has 2 aromatic heterocycles. The van der Waals surface area contributed by atoms with Crippen LogP contribution in [-0.2, 0) is 0 Å². The highest BCUT2D eigenvalue weighted by Gasteiger charge is 2.19. The molecule has 0 atom stereocenters. The number of nitrogens with one attached hydrogen (secondary N) is 2. The van der Waals surface area contributed by atoms with Crippen LogP contribution in [0.25, 0.3) is 71.6 Å². The summed E-state index contributed by atoms with van der Waals surface area (Å²) >= 11 is 0. The molecule has 2 heterocycles. The van der Waals surface area contributed by atoms with Crippen molar-refractivity contribution in [2.24, 2.45) is 4.99 Å². The van der Waals surface area contributed by atoms with Gasteiger partial charge >= 0.3 is 0 Å². The van der Waals surface area contributed by atoms with Gasteiger partial charge in [0.25, 0.3) is 0 Å². The number of rotatable bonds is 6. The molecule has 0 saturated carbocycles. The van der Waals surface area contributed by atoms with E-state index in [0.29, 0.717) is 5.84 Å². The van der Waals surface area contributed by atoms with Crippen LogP contribution in [-0.4, -0.2) is 20.9 Å². The maximum atomic E-state index is 8.90. The third-order valence-electron chi connectivity index (χ3n) is 10.4. The van der Waals surface area contributed by atoms with Crippen molar-refractivity contribution in [3.63, 3.8) is 0 Å². The van der Waals surface area contributed by atoms with Gasteiger partial charge in [0.2, 0.25) is 0 Å². The SMILES string of the molecule is N=C(N=C(Nn1c2ccccc2c2cc(-c3cc4c5ccccc5n(-c5ccccc5)c4cc3-c3ccccc3)ccc21)c1ccccc1)c1ccccc1. The fourth-order valence-electron chi connectivity index (χ4n) is 7.86. The van der Waals surface area contributed by atoms with Crippen molar-refractivity contribution < 1.29 is 0 Å². The van der Waals surface area contributed by atoms with Gasteiger partial charge in [-0.25, -0.2) is 4.99 Å². The van der Waals surface area contributed by atoms with Gasteiger partial charge in [-0.15, -0.1) is 0 Å². The summed E-state index contributed by atoms with van der Waals surface area (Å²) in [7, 11) is 0. The summed E-state index contributed by atoms with van der Waals surface area (Å²) in [5.41, 5.74) is 15.5. The van der Waals surface area contributed by atoms with E-state index in [0.717, 1.165) is 49.7 Å². The summed E-state index contributed by atoms with van der Waals surface area (Å²) in [6, 6.07) is 69.7. The molecule has 0 saturated heterocycles. The van der Waals surface area contributed by atoms with Crippen molar-refractivity contribution in [3.8, 4) is 27.9 Å². The zero-order valence-electron chi connectivity index (χ0n) is 29.9. The quantitative estimate of drug-likeness (QED) is 0.131. The van der Waals surface area contributed by atoms with Gasteiger partial charge < -0.3 is 4.57 Å². The Morgan fingerprint density at radius 2 is 0.945 bits per heavy atom. The lowest BCUT2D eigenvalue weighted by molar-refractivity contribution is 1.08. The molecule has 0 fully saturated rings. The minimum atomic E-state index is 0.187. The zero-order chi connectivity index (χ0) is 36.7. The van der Waals surface area contributed by atoms with Crippen LogP contribution in [0.3, 0.4) is 0 Å². The molecule has 0 unspecified atom stereocenters. The maximum Gasteiger partial charge on any atom is 0.154 e. The molecule has 0 aliphatic carbocycles. The van der Waals surface area contributed by atoms with E-state index in [1.807, 2.05) is 60.7 Å². The highest BCUT2D eigenvalue weighted by atomic mass is 15.4. The molecule has 2 N–H and O–H groups in total. The second-order valence-corrected chi connectivity index (χ2v) is 13.7. The van der Waals surface area contributed by atoms with Crippen LogP contribution in [0.2, 0.25) is 0 Å². The van der Waals surface area contributed by atoms with Crippen LogP contribution >= 0.6 is 0 Å². The Morgan fingerprint density at radius 1 is 0.418 bits per heavy atom. The molecule has 5 heteroatoms. The Labute approximate surface area is 318 Å². The molecule has 0 spiro atoms. The number of hydrogen-bond acceptors (Lipinski definition) is 1. The predicted octanol–water partition coefficient (Wildman–Crippen LogP) is 12.2. The van der Waals surface area contributed by atoms with Gasteiger partial charge in [0.05, 0.1) is 22.1 Å². The van der Waals surface area contributed by atoms with Crippen molar-refractivity contribution in [2.45, 2.75) is 0 Å². The molecule has 8 aromatic carbocycles. The molecular formula is C50H35N5. The number of fused-ring (bicyclic) bond motifs is 6. The van der Waals surface area contributed by atoms with E-state index < -0.39 is 0 Å². The van der Waals surface area contributed by atoms with Gasteiger partial charge in [-0.2, -0.15) is 0 Å². The summed E-state index contributed by atoms with van der Waals surface area (Å²) in [4.78, 5) is 4.86. The molecule has 10 aromatic rings. The van der Waals surface area contributed by atoms with E-state index in [2.05, 4.69) is 154 Å². The van der Waals surface area contributed by atoms with E-state index in [1.54, 1.807) is 0 Å². The third kappa shape index (κ3) is 5.66. The van der Waals surface area contributed by atoms with E-state index in [4.69, 9.17) is 10.4 Å². The van der Waals surface area contributed by atoms with E-state index in [9.17, 15) is 0 Å². The first-order valence-electron chi connectivity index (χ1n) is 18.5. The van der Waals surface area contributed by atoms with Crippen LogP contribution in [0.1, 0.15) is 11.1 Å². The number of benzene rings is 8. The molecule has 55 heavy (non-hydrogen) atoms. The molecule has 0 radical (unpaired) electrons. The third-order valence-corrected chi connectivity index (χ3v) is 10.4. The average molecular weight is 706 g/mol. The van der Waals surface area contributed by atoms with Gasteiger partial charge in [-0.05, 0) is 70.8 Å². The molecule has 0 bridgehead atoms. The van der Waals surface area contributed by atoms with Gasteiger partial charge in [0.15, 0.2) is 11.7 Å². The Hall–Kier alpha value is -7.50. The summed E-state index contributed by atoms with van der Waals surface area (Å²) in [5.74, 6) is 0.778. The van der Waals surface area contributed by atoms with Crippen LogP contribution in [0, 0.1) is 5.41 Å². The van der Waals surface area contributed by atoms with Gasteiger partial charge in [-0.1, -0.05) is 152 Å². The summed E-state index contributed by atoms with van der Waals surface area (Å²) in [6.07, 6.45) is 0. The fraction of sp³-hybridized carbons (Fsp3) is 0. The Kier molecular flexibility index (Phi) is 7.89. The highest BCUT2D eigenvalue weighted by Crippen LogP contribution is 2.42. The van der Waals surface area contributed by atoms with E-state index in [1.165, 1.54) is 32.9 Å². The van der Waals surface area contributed by atoms with Crippen LogP contribution < -0.4 is 5.43 Å². The first-order chi connectivity index (χ1) is 27.2. The van der Waals surface area contributed by atoms with Gasteiger partial charge in [0, 0.05) is 38.4 Å². The van der Waals surface area contributed by atoms with E-state index in [-0.39, 0.29) is 5.84 Å². The first-order valence-corrected chi connectivity index (χ1v) is 18.5. The lowest BCUT2D eigenvalue weighted by Crippen LogP contribution is -2.25. The summed E-state index contributed by atoms with van der Waals surface area (Å²) in [6.45, 7) is 0. The second-order valence-electron chi connectivity index (χ2n) is 13.7. The van der Waals surface area contributed by atoms with Crippen molar-refractivity contribution in [1.82, 2.24) is 9.24 Å². The Bertz CT molecular complexity index is 3050. The number of aliphatic imine (C=N–C) groups is 1. The lowest BCUT2D eigenvalue weighted by atomic mass is 9.92. The maximum absolute atomic E-state index is 8.90. The Balaban J connectivity index is 1.18. The number of nitrogens with zero attached hydrogens (tertiary/aromatic N) is 3. The minimum Gasteiger partial charge on any atom is -0.309 e. The van der Waals surface area contributed by atoms with E-state index >= 15 is 0 Å². The molecule has 5 nitrogen and oxygen atoms in total. The number of amidine groups is 2. The summed E-state index contributed by atoms with van der Waals surface area (Å²) < 4.78 is 4.49. The molecule has 0 amide bonds. The standard InChI is InChI=1S/C50H35N5/c51-49(35-19-7-2-8-20-35)52-50(36-21-9-3-10-22-36)53-55-46-28-16-14-26-40(46)43-31-37(29-30-47(43)55)41-32-44-39-25-13-15-27-45(39)54(38-23-11-4-12-24-38)48(44)33-42(41)34-17-5-1-6-18-34/h1-33H,(H2,51,52,53). The smallest absolute Gasteiger partial charge is 0.154 e. The van der Waals surface area contributed by atoms with Crippen molar-refractivity contribution in [1.29, 1.82) is 5.41 Å². The fourth-order valence-corrected chi connectivity index (χ4v) is 7.86. The second kappa shape index (κ2) is 13.5. The Morgan fingerprint density at radius 3 is 1.65 bits per heavy atom. The highest BCUT2D eigenvalue weighted by molar-refractivity contribution is 6.17. The van der Waals surface area contributed by atoms with Gasteiger partial charge in [0.1, 0.15) is 0 Å². The molecule has 260 valence electrons. The number of para-hydroxylation sites is 3. The van der Waals surface area contributed by atoms with Crippen LogP contribution in [0.15, 0.2) is 205 Å². The largest absolute Gasteiger partial charge is 0.309 e. The monoisotopic (exact) mass is 705 g/mol. The molecule has 0 aliphatic heterocycles. The molecule has 10 rings (SSSR count). The average Bonchev–Trinajstić information content (AvgIpc) is 3.75. The van der Waals surface area contributed by atoms with Crippen LogP contribution in [0.4, 0.5) is 0 Å². The number of hydrogen-bond donors (Lipinski definition) is 2. The predicted molar refractivity (Wildman–Crippen MR) is 230 cm³/mol. The lowest BCUT2D eigenvalue weighted by Gasteiger charge is -2.15.